The zero-order valence-corrected chi connectivity index (χ0v) is 16.6. The molecule has 6 nitrogen and oxygen atoms in total. The van der Waals surface area contributed by atoms with Gasteiger partial charge in [0, 0.05) is 22.0 Å². The molecular formula is C21H12N3O3PS. The molecule has 0 saturated carbocycles. The van der Waals surface area contributed by atoms with Crippen molar-refractivity contribution in [1.29, 1.82) is 0 Å². The molecule has 0 aliphatic heterocycles. The van der Waals surface area contributed by atoms with E-state index in [1.165, 1.54) is 0 Å². The minimum absolute atomic E-state index is 0.348. The number of para-hydroxylation sites is 3. The number of benzene rings is 3. The van der Waals surface area contributed by atoms with E-state index in [-0.39, 0.29) is 0 Å². The molecule has 0 saturated heterocycles. The van der Waals surface area contributed by atoms with Gasteiger partial charge in [-0.3, -0.25) is 0 Å². The molecule has 0 fully saturated rings. The monoisotopic (exact) mass is 417 g/mol. The lowest BCUT2D eigenvalue weighted by molar-refractivity contribution is 0.564. The van der Waals surface area contributed by atoms with Gasteiger partial charge in [-0.15, -0.1) is 0 Å². The van der Waals surface area contributed by atoms with E-state index in [1.807, 2.05) is 0 Å². The van der Waals surface area contributed by atoms with Gasteiger partial charge in [0.2, 0.25) is 18.2 Å². The topological polar surface area (TPSA) is 88.3 Å². The Bertz CT molecular complexity index is 1120. The Morgan fingerprint density at radius 2 is 0.828 bits per heavy atom. The molecule has 0 radical (unpaired) electrons. The summed E-state index contributed by atoms with van der Waals surface area (Å²) in [6.07, 6.45) is 4.66. The van der Waals surface area contributed by atoms with E-state index in [2.05, 4.69) is 15.0 Å². The van der Waals surface area contributed by atoms with Gasteiger partial charge in [0.05, 0.1) is 17.1 Å². The first-order valence-corrected chi connectivity index (χ1v) is 11.1. The van der Waals surface area contributed by atoms with Crippen molar-refractivity contribution in [3.8, 4) is 0 Å². The third-order valence-electron chi connectivity index (χ3n) is 4.16. The molecule has 3 aromatic rings. The van der Waals surface area contributed by atoms with Crippen LogP contribution in [0.15, 0.2) is 87.8 Å². The van der Waals surface area contributed by atoms with Crippen molar-refractivity contribution in [1.82, 2.24) is 0 Å². The predicted molar refractivity (Wildman–Crippen MR) is 116 cm³/mol. The van der Waals surface area contributed by atoms with Gasteiger partial charge >= 0.3 is 0 Å². The molecule has 29 heavy (non-hydrogen) atoms. The fraction of sp³-hybridized carbons (Fsp3) is 0. The van der Waals surface area contributed by atoms with Gasteiger partial charge in [-0.1, -0.05) is 66.4 Å². The van der Waals surface area contributed by atoms with Gasteiger partial charge in [0.1, 0.15) is 0 Å². The standard InChI is InChI=1S/C21H12N3O3PS/c25-13-22-16-7-1-4-10-19(16)28(29,20-11-5-2-8-17(20)23-14-26)21-12-6-3-9-18(21)24-15-27/h1-12H. The fourth-order valence-corrected chi connectivity index (χ4v) is 7.41. The number of hydrogen-bond donors (Lipinski definition) is 0. The molecule has 8 heteroatoms. The minimum atomic E-state index is -2.96. The second-order valence-corrected chi connectivity index (χ2v) is 9.99. The van der Waals surface area contributed by atoms with E-state index < -0.39 is 6.04 Å². The summed E-state index contributed by atoms with van der Waals surface area (Å²) >= 11 is 6.25. The smallest absolute Gasteiger partial charge is 0.211 e. The Morgan fingerprint density at radius 1 is 0.552 bits per heavy atom. The van der Waals surface area contributed by atoms with Crippen molar-refractivity contribution >= 4 is 69.1 Å². The summed E-state index contributed by atoms with van der Waals surface area (Å²) in [6.45, 7) is 0. The van der Waals surface area contributed by atoms with Crippen LogP contribution in [0.1, 0.15) is 0 Å². The van der Waals surface area contributed by atoms with Crippen molar-refractivity contribution in [2.24, 2.45) is 15.0 Å². The number of isocyanates is 3. The first-order chi connectivity index (χ1) is 14.2. The normalized spacial score (nSPS) is 11.9. The quantitative estimate of drug-likeness (QED) is 0.350. The molecule has 0 unspecified atom stereocenters. The highest BCUT2D eigenvalue weighted by Crippen LogP contribution is 2.49. The summed E-state index contributed by atoms with van der Waals surface area (Å²) in [4.78, 5) is 44.5. The number of hydrogen-bond acceptors (Lipinski definition) is 7. The minimum Gasteiger partial charge on any atom is -0.211 e. The Labute approximate surface area is 171 Å². The summed E-state index contributed by atoms with van der Waals surface area (Å²) in [5, 5.41) is 1.75. The second-order valence-electron chi connectivity index (χ2n) is 5.68. The SMILES string of the molecule is O=C=Nc1ccccc1P(=S)(c1ccccc1N=C=O)c1ccccc1N=C=O. The van der Waals surface area contributed by atoms with E-state index in [1.54, 1.807) is 91.0 Å². The molecule has 140 valence electrons. The molecule has 0 N–H and O–H groups in total. The molecule has 0 atom stereocenters. The molecule has 0 bridgehead atoms. The molecule has 0 aromatic heterocycles. The van der Waals surface area contributed by atoms with E-state index in [0.29, 0.717) is 33.0 Å². The first-order valence-electron chi connectivity index (χ1n) is 8.29. The van der Waals surface area contributed by atoms with Crippen LogP contribution in [0.25, 0.3) is 0 Å². The third-order valence-corrected chi connectivity index (χ3v) is 9.10. The lowest BCUT2D eigenvalue weighted by atomic mass is 10.3. The van der Waals surface area contributed by atoms with Gasteiger partial charge in [-0.25, -0.2) is 14.4 Å². The predicted octanol–water partition coefficient (Wildman–Crippen LogP) is 3.34. The van der Waals surface area contributed by atoms with Crippen molar-refractivity contribution in [3.63, 3.8) is 0 Å². The Kier molecular flexibility index (Phi) is 6.33. The van der Waals surface area contributed by atoms with Gasteiger partial charge in [-0.2, -0.15) is 15.0 Å². The molecule has 0 aliphatic carbocycles. The van der Waals surface area contributed by atoms with E-state index >= 15 is 0 Å². The van der Waals surface area contributed by atoms with Crippen LogP contribution in [-0.2, 0) is 26.2 Å². The average molecular weight is 417 g/mol. The highest BCUT2D eigenvalue weighted by Gasteiger charge is 2.31. The zero-order chi connectivity index (χ0) is 20.7. The van der Waals surface area contributed by atoms with Crippen molar-refractivity contribution in [3.05, 3.63) is 72.8 Å². The molecule has 3 aromatic carbocycles. The van der Waals surface area contributed by atoms with Crippen LogP contribution in [0.4, 0.5) is 17.1 Å². The molecule has 0 spiro atoms. The summed E-state index contributed by atoms with van der Waals surface area (Å²) in [7, 11) is 0. The number of rotatable bonds is 6. The lowest BCUT2D eigenvalue weighted by Crippen LogP contribution is -2.25. The average Bonchev–Trinajstić information content (AvgIpc) is 2.75. The highest BCUT2D eigenvalue weighted by molar-refractivity contribution is 8.25. The van der Waals surface area contributed by atoms with E-state index in [4.69, 9.17) is 11.8 Å². The van der Waals surface area contributed by atoms with Gasteiger partial charge in [0.15, 0.2) is 0 Å². The van der Waals surface area contributed by atoms with Crippen LogP contribution in [0.3, 0.4) is 0 Å². The van der Waals surface area contributed by atoms with E-state index in [0.717, 1.165) is 0 Å². The Morgan fingerprint density at radius 3 is 1.10 bits per heavy atom. The largest absolute Gasteiger partial charge is 0.240 e. The first kappa shape index (κ1) is 20.2. The maximum absolute atomic E-state index is 11.0. The summed E-state index contributed by atoms with van der Waals surface area (Å²) in [5.74, 6) is 0. The van der Waals surface area contributed by atoms with Crippen LogP contribution in [0.2, 0.25) is 0 Å². The van der Waals surface area contributed by atoms with Crippen molar-refractivity contribution in [2.45, 2.75) is 0 Å². The summed E-state index contributed by atoms with van der Waals surface area (Å²) < 4.78 is 0. The van der Waals surface area contributed by atoms with Crippen LogP contribution >= 0.6 is 6.04 Å². The Balaban J connectivity index is 2.52. The second kappa shape index (κ2) is 9.09. The molecule has 0 heterocycles. The van der Waals surface area contributed by atoms with Gasteiger partial charge in [0.25, 0.3) is 0 Å². The molecular weight excluding hydrogens is 405 g/mol. The highest BCUT2D eigenvalue weighted by atomic mass is 32.4. The van der Waals surface area contributed by atoms with Crippen LogP contribution < -0.4 is 15.9 Å². The number of carbonyl (C=O) groups excluding carboxylic acids is 3. The maximum Gasteiger partial charge on any atom is 0.240 e. The van der Waals surface area contributed by atoms with Gasteiger partial charge < -0.3 is 0 Å². The number of aliphatic imine (C=N–C) groups is 3. The summed E-state index contributed by atoms with van der Waals surface area (Å²) in [5.41, 5.74) is 1.04. The number of nitrogens with zero attached hydrogens (tertiary/aromatic N) is 3. The molecule has 0 aliphatic rings. The molecule has 0 amide bonds. The van der Waals surface area contributed by atoms with Crippen LogP contribution in [0.5, 0.6) is 0 Å². The lowest BCUT2D eigenvalue weighted by Gasteiger charge is -2.26. The van der Waals surface area contributed by atoms with Crippen molar-refractivity contribution < 1.29 is 14.4 Å². The molecule has 3 rings (SSSR count). The zero-order valence-electron chi connectivity index (χ0n) is 14.9. The summed E-state index contributed by atoms with van der Waals surface area (Å²) in [6, 6.07) is 17.8. The van der Waals surface area contributed by atoms with Gasteiger partial charge in [-0.05, 0) is 18.2 Å². The van der Waals surface area contributed by atoms with Crippen LogP contribution in [0, 0.1) is 0 Å². The Hall–Kier alpha value is -3.55. The maximum atomic E-state index is 11.0. The fourth-order valence-electron chi connectivity index (χ4n) is 3.01. The van der Waals surface area contributed by atoms with E-state index in [9.17, 15) is 14.4 Å². The van der Waals surface area contributed by atoms with Crippen LogP contribution in [-0.4, -0.2) is 18.2 Å². The van der Waals surface area contributed by atoms with Crippen molar-refractivity contribution in [2.75, 3.05) is 0 Å². The third kappa shape index (κ3) is 3.87.